The maximum absolute atomic E-state index is 11.6. The number of carbonyl (C=O) groups excluding carboxylic acids is 1. The molecule has 0 radical (unpaired) electrons. The van der Waals surface area contributed by atoms with Crippen LogP contribution in [-0.4, -0.2) is 50.7 Å². The van der Waals surface area contributed by atoms with E-state index in [0.29, 0.717) is 12.5 Å². The molecule has 0 rings (SSSR count). The Morgan fingerprint density at radius 2 is 2.06 bits per heavy atom. The van der Waals surface area contributed by atoms with Gasteiger partial charge in [-0.3, -0.25) is 4.79 Å². The zero-order chi connectivity index (χ0) is 13.3. The van der Waals surface area contributed by atoms with Gasteiger partial charge in [0.25, 0.3) is 0 Å². The summed E-state index contributed by atoms with van der Waals surface area (Å²) in [5, 5.41) is 3.01. The van der Waals surface area contributed by atoms with E-state index in [0.717, 1.165) is 19.5 Å². The van der Waals surface area contributed by atoms with Gasteiger partial charge < -0.3 is 15.0 Å². The molecule has 0 aromatic rings. The Hall–Kier alpha value is -0.610. The van der Waals surface area contributed by atoms with Crippen LogP contribution in [0.15, 0.2) is 0 Å². The Labute approximate surface area is 106 Å². The number of rotatable bonds is 9. The summed E-state index contributed by atoms with van der Waals surface area (Å²) in [7, 11) is 3.90. The zero-order valence-corrected chi connectivity index (χ0v) is 12.0. The third-order valence-electron chi connectivity index (χ3n) is 3.04. The van der Waals surface area contributed by atoms with Gasteiger partial charge in [-0.25, -0.2) is 0 Å². The SMILES string of the molecule is CCOC(=O)C(CCN(C)CC(C)CC)NC. The van der Waals surface area contributed by atoms with E-state index in [1.807, 2.05) is 6.92 Å². The molecule has 102 valence electrons. The van der Waals surface area contributed by atoms with E-state index >= 15 is 0 Å². The van der Waals surface area contributed by atoms with Gasteiger partial charge in [0.2, 0.25) is 0 Å². The smallest absolute Gasteiger partial charge is 0.323 e. The molecule has 17 heavy (non-hydrogen) atoms. The largest absolute Gasteiger partial charge is 0.465 e. The van der Waals surface area contributed by atoms with Crippen molar-refractivity contribution in [2.75, 3.05) is 33.8 Å². The van der Waals surface area contributed by atoms with E-state index in [9.17, 15) is 4.79 Å². The molecule has 0 saturated carbocycles. The second-order valence-corrected chi connectivity index (χ2v) is 4.66. The minimum Gasteiger partial charge on any atom is -0.465 e. The molecule has 2 atom stereocenters. The van der Waals surface area contributed by atoms with Crippen molar-refractivity contribution in [1.82, 2.24) is 10.2 Å². The van der Waals surface area contributed by atoms with Crippen LogP contribution in [-0.2, 0) is 9.53 Å². The van der Waals surface area contributed by atoms with Gasteiger partial charge in [-0.1, -0.05) is 20.3 Å². The molecule has 2 unspecified atom stereocenters. The van der Waals surface area contributed by atoms with E-state index in [4.69, 9.17) is 4.74 Å². The topological polar surface area (TPSA) is 41.6 Å². The van der Waals surface area contributed by atoms with Gasteiger partial charge in [-0.05, 0) is 39.9 Å². The first-order valence-corrected chi connectivity index (χ1v) is 6.57. The summed E-state index contributed by atoms with van der Waals surface area (Å²) in [6.07, 6.45) is 1.99. The van der Waals surface area contributed by atoms with Crippen LogP contribution < -0.4 is 5.32 Å². The van der Waals surface area contributed by atoms with E-state index in [1.165, 1.54) is 6.42 Å². The zero-order valence-electron chi connectivity index (χ0n) is 12.0. The van der Waals surface area contributed by atoms with Crippen molar-refractivity contribution in [3.05, 3.63) is 0 Å². The van der Waals surface area contributed by atoms with Crippen molar-refractivity contribution in [3.8, 4) is 0 Å². The number of esters is 1. The fourth-order valence-electron chi connectivity index (χ4n) is 1.72. The van der Waals surface area contributed by atoms with E-state index in [2.05, 4.69) is 31.1 Å². The molecule has 0 spiro atoms. The molecule has 0 saturated heterocycles. The molecule has 0 fully saturated rings. The normalized spacial score (nSPS) is 14.7. The molecular formula is C13H28N2O2. The highest BCUT2D eigenvalue weighted by molar-refractivity contribution is 5.75. The Morgan fingerprint density at radius 3 is 2.53 bits per heavy atom. The monoisotopic (exact) mass is 244 g/mol. The molecule has 0 aliphatic rings. The number of nitrogens with one attached hydrogen (secondary N) is 1. The third-order valence-corrected chi connectivity index (χ3v) is 3.04. The number of hydrogen-bond donors (Lipinski definition) is 1. The number of likely N-dealkylation sites (N-methyl/N-ethyl adjacent to an activating group) is 1. The lowest BCUT2D eigenvalue weighted by Gasteiger charge is -2.22. The lowest BCUT2D eigenvalue weighted by atomic mass is 10.1. The van der Waals surface area contributed by atoms with Crippen LogP contribution in [0.3, 0.4) is 0 Å². The minimum absolute atomic E-state index is 0.146. The van der Waals surface area contributed by atoms with Crippen LogP contribution in [0, 0.1) is 5.92 Å². The Morgan fingerprint density at radius 1 is 1.41 bits per heavy atom. The van der Waals surface area contributed by atoms with Crippen molar-refractivity contribution >= 4 is 5.97 Å². The summed E-state index contributed by atoms with van der Waals surface area (Å²) in [5.41, 5.74) is 0. The van der Waals surface area contributed by atoms with Gasteiger partial charge in [-0.2, -0.15) is 0 Å². The number of hydrogen-bond acceptors (Lipinski definition) is 4. The molecule has 1 N–H and O–H groups in total. The fraction of sp³-hybridized carbons (Fsp3) is 0.923. The lowest BCUT2D eigenvalue weighted by Crippen LogP contribution is -2.39. The van der Waals surface area contributed by atoms with Crippen molar-refractivity contribution < 1.29 is 9.53 Å². The molecule has 0 aliphatic carbocycles. The number of ether oxygens (including phenoxy) is 1. The second kappa shape index (κ2) is 9.42. The van der Waals surface area contributed by atoms with Gasteiger partial charge in [0, 0.05) is 6.54 Å². The fourth-order valence-corrected chi connectivity index (χ4v) is 1.72. The highest BCUT2D eigenvalue weighted by Gasteiger charge is 2.18. The predicted octanol–water partition coefficient (Wildman–Crippen LogP) is 1.51. The van der Waals surface area contributed by atoms with E-state index in [1.54, 1.807) is 7.05 Å². The van der Waals surface area contributed by atoms with Crippen molar-refractivity contribution in [2.45, 2.75) is 39.7 Å². The quantitative estimate of drug-likeness (QED) is 0.624. The average Bonchev–Trinajstić information content (AvgIpc) is 2.30. The van der Waals surface area contributed by atoms with Crippen molar-refractivity contribution in [2.24, 2.45) is 5.92 Å². The highest BCUT2D eigenvalue weighted by atomic mass is 16.5. The van der Waals surface area contributed by atoms with E-state index in [-0.39, 0.29) is 12.0 Å². The molecule has 4 nitrogen and oxygen atoms in total. The van der Waals surface area contributed by atoms with Crippen LogP contribution in [0.4, 0.5) is 0 Å². The molecule has 0 aliphatic heterocycles. The van der Waals surface area contributed by atoms with Crippen LogP contribution >= 0.6 is 0 Å². The summed E-state index contributed by atoms with van der Waals surface area (Å²) in [5.74, 6) is 0.558. The van der Waals surface area contributed by atoms with Crippen LogP contribution in [0.25, 0.3) is 0 Å². The summed E-state index contributed by atoms with van der Waals surface area (Å²) in [4.78, 5) is 13.8. The Bertz CT molecular complexity index is 210. The van der Waals surface area contributed by atoms with Gasteiger partial charge in [0.15, 0.2) is 0 Å². The molecule has 4 heteroatoms. The summed E-state index contributed by atoms with van der Waals surface area (Å²) >= 11 is 0. The maximum Gasteiger partial charge on any atom is 0.323 e. The van der Waals surface area contributed by atoms with E-state index < -0.39 is 0 Å². The van der Waals surface area contributed by atoms with Gasteiger partial charge in [-0.15, -0.1) is 0 Å². The van der Waals surface area contributed by atoms with Gasteiger partial charge in [0.1, 0.15) is 6.04 Å². The highest BCUT2D eigenvalue weighted by Crippen LogP contribution is 2.04. The first-order chi connectivity index (χ1) is 8.04. The average molecular weight is 244 g/mol. The van der Waals surface area contributed by atoms with Gasteiger partial charge >= 0.3 is 5.97 Å². The lowest BCUT2D eigenvalue weighted by molar-refractivity contribution is -0.145. The van der Waals surface area contributed by atoms with Crippen LogP contribution in [0.1, 0.15) is 33.6 Å². The van der Waals surface area contributed by atoms with Crippen molar-refractivity contribution in [3.63, 3.8) is 0 Å². The molecule has 0 aromatic heterocycles. The number of nitrogens with zero attached hydrogens (tertiary/aromatic N) is 1. The molecular weight excluding hydrogens is 216 g/mol. The molecule has 0 bridgehead atoms. The third kappa shape index (κ3) is 7.34. The number of carbonyl (C=O) groups is 1. The predicted molar refractivity (Wildman–Crippen MR) is 71.0 cm³/mol. The second-order valence-electron chi connectivity index (χ2n) is 4.66. The van der Waals surface area contributed by atoms with Crippen LogP contribution in [0.5, 0.6) is 0 Å². The minimum atomic E-state index is -0.186. The van der Waals surface area contributed by atoms with Crippen molar-refractivity contribution in [1.29, 1.82) is 0 Å². The van der Waals surface area contributed by atoms with Gasteiger partial charge in [0.05, 0.1) is 6.61 Å². The van der Waals surface area contributed by atoms with Crippen LogP contribution in [0.2, 0.25) is 0 Å². The first kappa shape index (κ1) is 16.4. The Balaban J connectivity index is 3.93. The molecule has 0 amide bonds. The standard InChI is InChI=1S/C13H28N2O2/c1-6-11(3)10-15(5)9-8-12(14-4)13(16)17-7-2/h11-12,14H,6-10H2,1-5H3. The summed E-state index contributed by atoms with van der Waals surface area (Å²) in [6.45, 7) is 8.72. The summed E-state index contributed by atoms with van der Waals surface area (Å²) < 4.78 is 5.01. The molecule has 0 aromatic carbocycles. The first-order valence-electron chi connectivity index (χ1n) is 6.57. The maximum atomic E-state index is 11.6. The summed E-state index contributed by atoms with van der Waals surface area (Å²) in [6, 6.07) is -0.186. The Kier molecular flexibility index (Phi) is 9.09. The molecule has 0 heterocycles.